The molecule has 0 radical (unpaired) electrons. The van der Waals surface area contributed by atoms with E-state index >= 15 is 0 Å². The highest BCUT2D eigenvalue weighted by atomic mass is 32.1. The molecule has 7 atom stereocenters. The normalized spacial score (nSPS) is 27.6. The van der Waals surface area contributed by atoms with Gasteiger partial charge in [0.05, 0.1) is 115 Å². The highest BCUT2D eigenvalue weighted by Gasteiger charge is 2.70. The summed E-state index contributed by atoms with van der Waals surface area (Å²) in [4.78, 5) is 41.8. The van der Waals surface area contributed by atoms with E-state index < -0.39 is 0 Å². The van der Waals surface area contributed by atoms with Crippen molar-refractivity contribution in [3.8, 4) is 0 Å². The number of nitrogens with zero attached hydrogens (tertiary/aromatic N) is 15. The number of aromatic nitrogens is 10. The Morgan fingerprint density at radius 1 is 0.326 bits per heavy atom. The SMILES string of the molecule is CC.CC.CC1c2nc3occn3c2C2(C)N1c1ccccc1C(C)(C)C2(C)C.CC1c2nc3occn3c2C2(C)N1c1ccccc1C(C)(C)C2(C)C.Cc1ccccc1N1C(C)c2nc3sccn3c2C12C1CC3CC(C1)CC2C3.Cc1ccccc1N1C(C)c2nc3sccn3c2C12CCCC2.Cc1ccccc1N1C(C)c2nc3sccn3c2C12CCCCC2. The van der Waals surface area contributed by atoms with Gasteiger partial charge in [-0.15, -0.1) is 34.0 Å². The van der Waals surface area contributed by atoms with Crippen molar-refractivity contribution < 1.29 is 8.83 Å². The van der Waals surface area contributed by atoms with Crippen molar-refractivity contribution in [1.29, 1.82) is 0 Å². The molecule has 0 N–H and O–H groups in total. The second-order valence-electron chi connectivity index (χ2n) is 41.7. The molecule has 6 saturated carbocycles. The van der Waals surface area contributed by atoms with Gasteiger partial charge in [-0.1, -0.05) is 206 Å². The number of oxazole rings is 2. The topological polar surface area (TPSA) is 129 Å². The Morgan fingerprint density at radius 2 is 0.636 bits per heavy atom. The van der Waals surface area contributed by atoms with E-state index in [0.717, 1.165) is 45.0 Å². The quantitative estimate of drug-likeness (QED) is 0.167. The predicted molar refractivity (Wildman–Crippen MR) is 530 cm³/mol. The van der Waals surface area contributed by atoms with Crippen LogP contribution in [-0.2, 0) is 38.5 Å². The lowest BCUT2D eigenvalue weighted by molar-refractivity contribution is -0.0623. The number of aryl methyl sites for hydroxylation is 3. The van der Waals surface area contributed by atoms with Crippen molar-refractivity contribution in [3.63, 3.8) is 0 Å². The number of rotatable bonds is 3. The van der Waals surface area contributed by atoms with Crippen LogP contribution in [0.2, 0.25) is 0 Å². The zero-order chi connectivity index (χ0) is 90.1. The maximum Gasteiger partial charge on any atom is 0.306 e. The molecule has 7 aliphatic heterocycles. The van der Waals surface area contributed by atoms with Crippen molar-refractivity contribution in [2.75, 3.05) is 24.5 Å². The van der Waals surface area contributed by atoms with Crippen LogP contribution in [0, 0.1) is 55.3 Å². The average Bonchev–Trinajstić information content (AvgIpc) is 1.52. The molecule has 129 heavy (non-hydrogen) atoms. The summed E-state index contributed by atoms with van der Waals surface area (Å²) in [5, 5.41) is 6.54. The monoisotopic (exact) mass is 1780 g/mol. The number of para-hydroxylation sites is 5. The van der Waals surface area contributed by atoms with Crippen LogP contribution >= 0.6 is 34.0 Å². The smallest absolute Gasteiger partial charge is 0.306 e. The van der Waals surface area contributed by atoms with E-state index in [2.05, 4.69) is 327 Å². The Morgan fingerprint density at radius 3 is 1.02 bits per heavy atom. The molecule has 17 heterocycles. The third-order valence-electron chi connectivity index (χ3n) is 35.7. The van der Waals surface area contributed by atoms with Crippen molar-refractivity contribution in [1.82, 2.24) is 46.9 Å². The number of benzene rings is 5. The molecule has 17 nitrogen and oxygen atoms in total. The fraction of sp³-hybridized carbons (Fsp3) is 0.495. The van der Waals surface area contributed by atoms with E-state index in [1.54, 1.807) is 52.2 Å². The first-order valence-corrected chi connectivity index (χ1v) is 51.3. The minimum Gasteiger partial charge on any atom is -0.432 e. The van der Waals surface area contributed by atoms with Crippen LogP contribution in [0.25, 0.3) is 26.6 Å². The molecule has 7 unspecified atom stereocenters. The van der Waals surface area contributed by atoms with Gasteiger partial charge in [-0.25, -0.2) is 15.0 Å². The standard InChI is InChI=1S/C24H27N3S.2C21H25N3O.C20H23N3S.C19H21N3S.2C2H6/c1-14-5-3-4-6-20(14)27-15(2)21-22(26-7-8-28-23(26)25-21)24(27)18-10-16-9-17(12-18)13-19(24)11-16;2*1-13-16-17(23-11-12-25-18(23)22-16)21(6)20(4,5)19(2,3)14-9-7-8-10-15(14)24(13)21;1-14-8-4-5-9-16(14)23-15(2)17-18(20(23)10-6-3-7-11-20)22-12-13-24-19(22)21-17;1-13-7-3-4-8-15(13)22-14(2)16-17(19(22)9-5-6-10-19)21-11-12-23-18(21)20-16;2*1-2/h3-8,15-19H,9-13H2,1-2H3;2*7-13H,1-6H3;4-5,8-9,12-13,15H,3,6-7,10-11H2,1-2H3;3-4,7-8,11-12,14H,5-6,9-10H2,1-2H3;2*1-2H3. The molecule has 5 aromatic carbocycles. The van der Waals surface area contributed by atoms with Gasteiger partial charge in [-0.05, 0) is 220 Å². The number of thiazole rings is 3. The maximum absolute atomic E-state index is 5.61. The van der Waals surface area contributed by atoms with Crippen LogP contribution in [0.4, 0.5) is 28.4 Å². The highest BCUT2D eigenvalue weighted by molar-refractivity contribution is 7.15. The third-order valence-corrected chi connectivity index (χ3v) is 38.0. The minimum atomic E-state index is -0.178. The Labute approximate surface area is 775 Å². The number of hydrogen-bond acceptors (Lipinski definition) is 15. The first-order chi connectivity index (χ1) is 62.1. The summed E-state index contributed by atoms with van der Waals surface area (Å²) in [5.74, 6) is 4.88. The molecule has 6 fully saturated rings. The van der Waals surface area contributed by atoms with Gasteiger partial charge in [0.2, 0.25) is 0 Å². The van der Waals surface area contributed by atoms with E-state index in [0.29, 0.717) is 29.8 Å². The van der Waals surface area contributed by atoms with Crippen LogP contribution in [0.1, 0.15) is 336 Å². The van der Waals surface area contributed by atoms with E-state index in [9.17, 15) is 0 Å². The van der Waals surface area contributed by atoms with Crippen molar-refractivity contribution in [3.05, 3.63) is 266 Å². The summed E-state index contributed by atoms with van der Waals surface area (Å²) in [6.07, 6.45) is 32.9. The summed E-state index contributed by atoms with van der Waals surface area (Å²) in [6, 6.07) is 45.9. The summed E-state index contributed by atoms with van der Waals surface area (Å²) in [6.45, 7) is 50.2. The molecule has 3 spiro atoms. The van der Waals surface area contributed by atoms with Gasteiger partial charge in [-0.2, -0.15) is 9.97 Å². The number of imidazole rings is 5. The lowest BCUT2D eigenvalue weighted by Crippen LogP contribution is -2.62. The summed E-state index contributed by atoms with van der Waals surface area (Å²) < 4.78 is 22.7. The van der Waals surface area contributed by atoms with Crippen LogP contribution in [0.5, 0.6) is 0 Å². The number of hydrogen-bond donors (Lipinski definition) is 0. The molecule has 4 bridgehead atoms. The molecule has 0 saturated heterocycles. The van der Waals surface area contributed by atoms with Gasteiger partial charge in [0.25, 0.3) is 0 Å². The number of fused-ring (bicyclic) bond motifs is 25. The second kappa shape index (κ2) is 30.6. The van der Waals surface area contributed by atoms with Gasteiger partial charge in [-0.3, -0.25) is 22.0 Å². The molecule has 28 rings (SSSR count). The lowest BCUT2D eigenvalue weighted by Gasteiger charge is -2.63. The third kappa shape index (κ3) is 11.4. The van der Waals surface area contributed by atoms with E-state index in [1.165, 1.54) is 191 Å². The fourth-order valence-corrected chi connectivity index (χ4v) is 30.9. The van der Waals surface area contributed by atoms with E-state index in [1.807, 2.05) is 40.1 Å². The Kier molecular flexibility index (Phi) is 20.4. The second-order valence-corrected chi connectivity index (χ2v) is 44.4. The largest absolute Gasteiger partial charge is 0.432 e. The Bertz CT molecular complexity index is 6570. The highest BCUT2D eigenvalue weighted by Crippen LogP contribution is 2.72. The molecule has 674 valence electrons. The van der Waals surface area contributed by atoms with Crippen LogP contribution < -0.4 is 24.5 Å². The Hall–Kier alpha value is -9.89. The van der Waals surface area contributed by atoms with Gasteiger partial charge in [0.15, 0.2) is 14.9 Å². The van der Waals surface area contributed by atoms with Crippen molar-refractivity contribution in [2.24, 2.45) is 34.5 Å². The summed E-state index contributed by atoms with van der Waals surface area (Å²) in [7, 11) is 0. The fourth-order valence-electron chi connectivity index (χ4n) is 28.7. The molecular formula is C109H133N15O2S3. The molecule has 10 aromatic heterocycles. The van der Waals surface area contributed by atoms with Crippen LogP contribution in [-0.4, -0.2) is 46.9 Å². The molecule has 13 aliphatic rings. The average molecular weight is 1780 g/mol. The van der Waals surface area contributed by atoms with Crippen LogP contribution in [0.15, 0.2) is 190 Å². The zero-order valence-corrected chi connectivity index (χ0v) is 82.6. The van der Waals surface area contributed by atoms with Crippen molar-refractivity contribution >= 4 is 89.0 Å². The molecule has 6 aliphatic carbocycles. The predicted octanol–water partition coefficient (Wildman–Crippen LogP) is 28.6. The first-order valence-electron chi connectivity index (χ1n) is 48.7. The zero-order valence-electron chi connectivity index (χ0n) is 80.2. The maximum atomic E-state index is 5.61. The molecule has 20 heteroatoms. The van der Waals surface area contributed by atoms with E-state index in [4.69, 9.17) is 33.8 Å². The van der Waals surface area contributed by atoms with Gasteiger partial charge >= 0.3 is 11.7 Å². The molecular weight excluding hydrogens is 1650 g/mol. The lowest BCUT2D eigenvalue weighted by atomic mass is 9.47. The van der Waals surface area contributed by atoms with Crippen molar-refractivity contribution in [2.45, 2.75) is 311 Å². The molecule has 15 aromatic rings. The number of anilines is 5. The molecule has 0 amide bonds. The Balaban J connectivity index is 0.0000000969. The minimum absolute atomic E-state index is 0.0128. The summed E-state index contributed by atoms with van der Waals surface area (Å²) in [5.41, 5.74) is 27.1. The van der Waals surface area contributed by atoms with E-state index in [-0.39, 0.29) is 61.4 Å². The van der Waals surface area contributed by atoms with Gasteiger partial charge in [0, 0.05) is 86.4 Å². The van der Waals surface area contributed by atoms with Gasteiger partial charge in [0.1, 0.15) is 12.5 Å². The van der Waals surface area contributed by atoms with Crippen LogP contribution in [0.3, 0.4) is 0 Å². The van der Waals surface area contributed by atoms with Gasteiger partial charge < -0.3 is 33.3 Å². The summed E-state index contributed by atoms with van der Waals surface area (Å²) >= 11 is 5.30. The first kappa shape index (κ1) is 85.9.